The van der Waals surface area contributed by atoms with E-state index in [1.165, 1.54) is 0 Å². The van der Waals surface area contributed by atoms with Gasteiger partial charge in [0.15, 0.2) is 5.96 Å². The van der Waals surface area contributed by atoms with Crippen LogP contribution in [0.25, 0.3) is 0 Å². The molecular formula is C16H26N4O3S. The molecule has 134 valence electrons. The molecular weight excluding hydrogens is 328 g/mol. The number of hydrogen-bond acceptors (Lipinski definition) is 4. The highest BCUT2D eigenvalue weighted by atomic mass is 32.2. The van der Waals surface area contributed by atoms with Crippen molar-refractivity contribution in [3.63, 3.8) is 0 Å². The van der Waals surface area contributed by atoms with Crippen molar-refractivity contribution >= 4 is 16.0 Å². The molecule has 0 amide bonds. The Morgan fingerprint density at radius 1 is 1.38 bits per heavy atom. The van der Waals surface area contributed by atoms with Gasteiger partial charge in [-0.2, -0.15) is 0 Å². The molecule has 1 atom stereocenters. The SMILES string of the molecule is CCNC(=NCCS(=O)(=O)NCc1ccccc1)N1CC[C@@H](O)C1. The lowest BCUT2D eigenvalue weighted by Crippen LogP contribution is -2.41. The van der Waals surface area contributed by atoms with Gasteiger partial charge >= 0.3 is 0 Å². The minimum Gasteiger partial charge on any atom is -0.391 e. The maximum absolute atomic E-state index is 12.1. The highest BCUT2D eigenvalue weighted by Gasteiger charge is 2.22. The van der Waals surface area contributed by atoms with Gasteiger partial charge in [-0.1, -0.05) is 30.3 Å². The second-order valence-electron chi connectivity index (χ2n) is 5.75. The zero-order chi connectivity index (χ0) is 17.4. The molecule has 0 spiro atoms. The average Bonchev–Trinajstić information content (AvgIpc) is 3.00. The number of β-amino-alcohol motifs (C(OH)–C–C–N with tert-alkyl or cyclic N) is 1. The number of nitrogens with zero attached hydrogens (tertiary/aromatic N) is 2. The van der Waals surface area contributed by atoms with Crippen molar-refractivity contribution in [3.05, 3.63) is 35.9 Å². The Bertz CT molecular complexity index is 634. The average molecular weight is 354 g/mol. The van der Waals surface area contributed by atoms with E-state index in [0.29, 0.717) is 25.5 Å². The summed E-state index contributed by atoms with van der Waals surface area (Å²) >= 11 is 0. The van der Waals surface area contributed by atoms with Crippen LogP contribution in [0.2, 0.25) is 0 Å². The van der Waals surface area contributed by atoms with Gasteiger partial charge in [0, 0.05) is 26.2 Å². The van der Waals surface area contributed by atoms with Gasteiger partial charge in [-0.15, -0.1) is 0 Å². The van der Waals surface area contributed by atoms with Crippen LogP contribution >= 0.6 is 0 Å². The second-order valence-corrected chi connectivity index (χ2v) is 7.68. The van der Waals surface area contributed by atoms with Crippen molar-refractivity contribution in [2.24, 2.45) is 4.99 Å². The smallest absolute Gasteiger partial charge is 0.213 e. The number of aliphatic hydroxyl groups is 1. The molecule has 0 saturated carbocycles. The maximum Gasteiger partial charge on any atom is 0.213 e. The van der Waals surface area contributed by atoms with Crippen LogP contribution in [0.3, 0.4) is 0 Å². The quantitative estimate of drug-likeness (QED) is 0.478. The van der Waals surface area contributed by atoms with Gasteiger partial charge in [0.05, 0.1) is 18.4 Å². The number of aliphatic imine (C=N–C) groups is 1. The van der Waals surface area contributed by atoms with E-state index in [0.717, 1.165) is 12.1 Å². The second kappa shape index (κ2) is 9.00. The molecule has 1 saturated heterocycles. The zero-order valence-electron chi connectivity index (χ0n) is 14.0. The summed E-state index contributed by atoms with van der Waals surface area (Å²) in [6.07, 6.45) is 0.367. The Labute approximate surface area is 143 Å². The first-order valence-corrected chi connectivity index (χ1v) is 9.88. The predicted octanol–water partition coefficient (Wildman–Crippen LogP) is 0.138. The number of guanidine groups is 1. The third-order valence-corrected chi connectivity index (χ3v) is 5.06. The predicted molar refractivity (Wildman–Crippen MR) is 95.2 cm³/mol. The summed E-state index contributed by atoms with van der Waals surface area (Å²) in [6.45, 7) is 4.38. The fourth-order valence-electron chi connectivity index (χ4n) is 2.49. The number of rotatable bonds is 7. The van der Waals surface area contributed by atoms with Crippen molar-refractivity contribution in [1.82, 2.24) is 14.9 Å². The lowest BCUT2D eigenvalue weighted by molar-refractivity contribution is 0.188. The minimum absolute atomic E-state index is 0.0644. The van der Waals surface area contributed by atoms with Gasteiger partial charge < -0.3 is 15.3 Å². The zero-order valence-corrected chi connectivity index (χ0v) is 14.8. The van der Waals surface area contributed by atoms with Crippen molar-refractivity contribution < 1.29 is 13.5 Å². The summed E-state index contributed by atoms with van der Waals surface area (Å²) < 4.78 is 26.7. The molecule has 1 fully saturated rings. The molecule has 1 aromatic carbocycles. The molecule has 0 radical (unpaired) electrons. The van der Waals surface area contributed by atoms with Crippen molar-refractivity contribution in [1.29, 1.82) is 0 Å². The molecule has 0 aliphatic carbocycles. The van der Waals surface area contributed by atoms with Crippen LogP contribution in [0.1, 0.15) is 18.9 Å². The Hall–Kier alpha value is -1.64. The molecule has 0 bridgehead atoms. The molecule has 1 aliphatic rings. The summed E-state index contributed by atoms with van der Waals surface area (Å²) in [5.74, 6) is 0.595. The van der Waals surface area contributed by atoms with Crippen LogP contribution in [-0.2, 0) is 16.6 Å². The molecule has 1 aliphatic heterocycles. The highest BCUT2D eigenvalue weighted by molar-refractivity contribution is 7.89. The van der Waals surface area contributed by atoms with Gasteiger partial charge in [0.25, 0.3) is 0 Å². The Kier molecular flexibility index (Phi) is 7.01. The lowest BCUT2D eigenvalue weighted by atomic mass is 10.2. The van der Waals surface area contributed by atoms with E-state index >= 15 is 0 Å². The molecule has 8 heteroatoms. The van der Waals surface area contributed by atoms with Gasteiger partial charge in [-0.05, 0) is 18.9 Å². The third kappa shape index (κ3) is 6.10. The van der Waals surface area contributed by atoms with Crippen LogP contribution in [0.5, 0.6) is 0 Å². The van der Waals surface area contributed by atoms with Gasteiger partial charge in [0.2, 0.25) is 10.0 Å². The third-order valence-electron chi connectivity index (χ3n) is 3.76. The Morgan fingerprint density at radius 2 is 2.12 bits per heavy atom. The first-order valence-electron chi connectivity index (χ1n) is 8.23. The topological polar surface area (TPSA) is 94.0 Å². The molecule has 3 N–H and O–H groups in total. The van der Waals surface area contributed by atoms with E-state index < -0.39 is 10.0 Å². The number of likely N-dealkylation sites (tertiary alicyclic amines) is 1. The van der Waals surface area contributed by atoms with E-state index in [2.05, 4.69) is 15.0 Å². The normalized spacial score (nSPS) is 18.8. The van der Waals surface area contributed by atoms with Crippen LogP contribution in [0.15, 0.2) is 35.3 Å². The van der Waals surface area contributed by atoms with Gasteiger partial charge in [0.1, 0.15) is 0 Å². The summed E-state index contributed by atoms with van der Waals surface area (Å²) in [5, 5.41) is 12.8. The summed E-state index contributed by atoms with van der Waals surface area (Å²) in [6, 6.07) is 9.40. The molecule has 7 nitrogen and oxygen atoms in total. The standard InChI is InChI=1S/C16H26N4O3S/c1-2-17-16(20-10-8-15(21)13-20)18-9-11-24(22,23)19-12-14-6-4-3-5-7-14/h3-7,15,19,21H,2,8-13H2,1H3,(H,17,18)/t15-/m1/s1. The van der Waals surface area contributed by atoms with E-state index in [4.69, 9.17) is 0 Å². The summed E-state index contributed by atoms with van der Waals surface area (Å²) in [7, 11) is -3.38. The fraction of sp³-hybridized carbons (Fsp3) is 0.562. The van der Waals surface area contributed by atoms with Crippen LogP contribution in [-0.4, -0.2) is 62.4 Å². The molecule has 24 heavy (non-hydrogen) atoms. The van der Waals surface area contributed by atoms with Crippen LogP contribution < -0.4 is 10.0 Å². The molecule has 0 aromatic heterocycles. The summed E-state index contributed by atoms with van der Waals surface area (Å²) in [4.78, 5) is 6.33. The van der Waals surface area contributed by atoms with Gasteiger partial charge in [-0.25, -0.2) is 13.1 Å². The van der Waals surface area contributed by atoms with E-state index in [1.54, 1.807) is 0 Å². The van der Waals surface area contributed by atoms with Gasteiger partial charge in [-0.3, -0.25) is 4.99 Å². The lowest BCUT2D eigenvalue weighted by Gasteiger charge is -2.20. The first-order chi connectivity index (χ1) is 11.5. The number of nitrogens with one attached hydrogen (secondary N) is 2. The maximum atomic E-state index is 12.1. The summed E-state index contributed by atoms with van der Waals surface area (Å²) in [5.41, 5.74) is 0.920. The molecule has 1 heterocycles. The van der Waals surface area contributed by atoms with Crippen molar-refractivity contribution in [2.45, 2.75) is 26.0 Å². The number of sulfonamides is 1. The minimum atomic E-state index is -3.38. The number of benzene rings is 1. The molecule has 0 unspecified atom stereocenters. The van der Waals surface area contributed by atoms with Crippen LogP contribution in [0.4, 0.5) is 0 Å². The number of hydrogen-bond donors (Lipinski definition) is 3. The number of aliphatic hydroxyl groups excluding tert-OH is 1. The largest absolute Gasteiger partial charge is 0.391 e. The van der Waals surface area contributed by atoms with E-state index in [1.807, 2.05) is 42.2 Å². The van der Waals surface area contributed by atoms with Crippen LogP contribution in [0, 0.1) is 0 Å². The van der Waals surface area contributed by atoms with Crippen molar-refractivity contribution in [3.8, 4) is 0 Å². The highest BCUT2D eigenvalue weighted by Crippen LogP contribution is 2.08. The molecule has 1 aromatic rings. The molecule has 2 rings (SSSR count). The monoisotopic (exact) mass is 354 g/mol. The van der Waals surface area contributed by atoms with E-state index in [-0.39, 0.29) is 24.9 Å². The van der Waals surface area contributed by atoms with E-state index in [9.17, 15) is 13.5 Å². The Balaban J connectivity index is 1.85. The first kappa shape index (κ1) is 18.7. The Morgan fingerprint density at radius 3 is 2.75 bits per heavy atom. The fourth-order valence-corrected chi connectivity index (χ4v) is 3.36. The van der Waals surface area contributed by atoms with Crippen molar-refractivity contribution in [2.75, 3.05) is 31.9 Å².